The molecular weight excluding hydrogens is 342 g/mol. The van der Waals surface area contributed by atoms with Gasteiger partial charge in [-0.25, -0.2) is 9.78 Å². The molecule has 7 nitrogen and oxygen atoms in total. The highest BCUT2D eigenvalue weighted by Gasteiger charge is 2.13. The van der Waals surface area contributed by atoms with Gasteiger partial charge >= 0.3 is 5.69 Å². The van der Waals surface area contributed by atoms with Crippen LogP contribution in [0, 0.1) is 0 Å². The third kappa shape index (κ3) is 4.18. The number of nitrogens with one attached hydrogen (secondary N) is 1. The molecule has 0 radical (unpaired) electrons. The number of rotatable bonds is 6. The van der Waals surface area contributed by atoms with Crippen molar-refractivity contribution in [2.75, 3.05) is 20.6 Å². The van der Waals surface area contributed by atoms with Crippen LogP contribution >= 0.6 is 12.4 Å². The Morgan fingerprint density at radius 1 is 1.16 bits per heavy atom. The first-order valence-electron chi connectivity index (χ1n) is 7.93. The summed E-state index contributed by atoms with van der Waals surface area (Å²) in [7, 11) is 4.02. The maximum atomic E-state index is 12.2. The lowest BCUT2D eigenvalue weighted by atomic mass is 10.2. The molecule has 0 aliphatic rings. The van der Waals surface area contributed by atoms with Gasteiger partial charge < -0.3 is 9.47 Å². The van der Waals surface area contributed by atoms with Crippen molar-refractivity contribution in [1.82, 2.24) is 24.0 Å². The second-order valence-corrected chi connectivity index (χ2v) is 6.10. The summed E-state index contributed by atoms with van der Waals surface area (Å²) in [5, 5.41) is 0. The van der Waals surface area contributed by atoms with E-state index in [1.54, 1.807) is 6.33 Å². The van der Waals surface area contributed by atoms with Crippen LogP contribution in [0.1, 0.15) is 12.0 Å². The molecule has 0 spiro atoms. The average Bonchev–Trinajstić information content (AvgIpc) is 2.96. The quantitative estimate of drug-likeness (QED) is 0.716. The fourth-order valence-electron chi connectivity index (χ4n) is 2.76. The van der Waals surface area contributed by atoms with Crippen LogP contribution in [0.2, 0.25) is 0 Å². The highest BCUT2D eigenvalue weighted by molar-refractivity contribution is 5.85. The molecule has 0 aliphatic carbocycles. The molecule has 0 saturated carbocycles. The Bertz CT molecular complexity index is 943. The van der Waals surface area contributed by atoms with E-state index in [9.17, 15) is 9.59 Å². The summed E-state index contributed by atoms with van der Waals surface area (Å²) in [5.74, 6) is 0. The molecule has 0 unspecified atom stereocenters. The number of imidazole rings is 1. The Kier molecular flexibility index (Phi) is 6.17. The molecule has 0 atom stereocenters. The third-order valence-corrected chi connectivity index (χ3v) is 3.94. The monoisotopic (exact) mass is 363 g/mol. The minimum atomic E-state index is -0.435. The van der Waals surface area contributed by atoms with E-state index in [1.165, 1.54) is 4.57 Å². The van der Waals surface area contributed by atoms with E-state index in [1.807, 2.05) is 49.0 Å². The number of aryl methyl sites for hydroxylation is 1. The van der Waals surface area contributed by atoms with Crippen molar-refractivity contribution in [3.05, 3.63) is 63.1 Å². The molecule has 3 rings (SSSR count). The first kappa shape index (κ1) is 19.0. The molecule has 0 aliphatic heterocycles. The Morgan fingerprint density at radius 3 is 2.56 bits per heavy atom. The number of aromatic amines is 1. The Labute approximate surface area is 151 Å². The number of halogens is 1. The number of hydrogen-bond donors (Lipinski definition) is 1. The van der Waals surface area contributed by atoms with E-state index >= 15 is 0 Å². The fourth-order valence-corrected chi connectivity index (χ4v) is 2.76. The van der Waals surface area contributed by atoms with Gasteiger partial charge in [0.2, 0.25) is 0 Å². The summed E-state index contributed by atoms with van der Waals surface area (Å²) < 4.78 is 3.33. The molecule has 3 aromatic rings. The summed E-state index contributed by atoms with van der Waals surface area (Å²) in [5.41, 5.74) is 1.04. The van der Waals surface area contributed by atoms with Gasteiger partial charge in [-0.2, -0.15) is 0 Å². The number of H-pyrrole nitrogens is 1. The lowest BCUT2D eigenvalue weighted by Crippen LogP contribution is -2.31. The molecule has 0 fully saturated rings. The van der Waals surface area contributed by atoms with E-state index in [2.05, 4.69) is 14.9 Å². The number of benzene rings is 1. The zero-order chi connectivity index (χ0) is 17.1. The third-order valence-electron chi connectivity index (χ3n) is 3.94. The maximum absolute atomic E-state index is 12.2. The van der Waals surface area contributed by atoms with Crippen molar-refractivity contribution in [3.63, 3.8) is 0 Å². The van der Waals surface area contributed by atoms with E-state index in [0.29, 0.717) is 24.3 Å². The van der Waals surface area contributed by atoms with Gasteiger partial charge in [0.25, 0.3) is 5.56 Å². The topological polar surface area (TPSA) is 75.9 Å². The van der Waals surface area contributed by atoms with Crippen LogP contribution in [0.15, 0.2) is 46.2 Å². The SMILES string of the molecule is CN(C)CCCn1cnc2c1c(=O)[nH]c(=O)n2Cc1ccccc1.Cl. The molecule has 134 valence electrons. The Balaban J connectivity index is 0.00000225. The van der Waals surface area contributed by atoms with Gasteiger partial charge in [-0.05, 0) is 32.6 Å². The lowest BCUT2D eigenvalue weighted by Gasteiger charge is -2.10. The Hall–Kier alpha value is -2.38. The number of fused-ring (bicyclic) bond motifs is 1. The molecule has 0 amide bonds. The number of aromatic nitrogens is 4. The van der Waals surface area contributed by atoms with Crippen molar-refractivity contribution in [3.8, 4) is 0 Å². The number of hydrogen-bond acceptors (Lipinski definition) is 4. The van der Waals surface area contributed by atoms with Crippen LogP contribution in [0.3, 0.4) is 0 Å². The van der Waals surface area contributed by atoms with E-state index < -0.39 is 5.69 Å². The first-order valence-corrected chi connectivity index (χ1v) is 7.93. The summed E-state index contributed by atoms with van der Waals surface area (Å²) in [6.45, 7) is 1.98. The van der Waals surface area contributed by atoms with Crippen LogP contribution < -0.4 is 11.2 Å². The minimum absolute atomic E-state index is 0. The predicted octanol–water partition coefficient (Wildman–Crippen LogP) is 1.31. The predicted molar refractivity (Wildman–Crippen MR) is 101 cm³/mol. The van der Waals surface area contributed by atoms with Crippen LogP contribution in [0.5, 0.6) is 0 Å². The molecule has 25 heavy (non-hydrogen) atoms. The van der Waals surface area contributed by atoms with E-state index in [0.717, 1.165) is 18.5 Å². The van der Waals surface area contributed by atoms with Crippen LogP contribution in [-0.4, -0.2) is 44.6 Å². The second-order valence-electron chi connectivity index (χ2n) is 6.10. The summed E-state index contributed by atoms with van der Waals surface area (Å²) in [6, 6.07) is 9.65. The second kappa shape index (κ2) is 8.13. The smallest absolute Gasteiger partial charge is 0.325 e. The van der Waals surface area contributed by atoms with Gasteiger partial charge in [-0.15, -0.1) is 12.4 Å². The van der Waals surface area contributed by atoms with Crippen molar-refractivity contribution in [2.45, 2.75) is 19.5 Å². The highest BCUT2D eigenvalue weighted by atomic mass is 35.5. The van der Waals surface area contributed by atoms with Gasteiger partial charge in [0.1, 0.15) is 0 Å². The van der Waals surface area contributed by atoms with Gasteiger partial charge in [0.05, 0.1) is 12.9 Å². The molecule has 2 aromatic heterocycles. The molecule has 1 N–H and O–H groups in total. The molecular formula is C17H22ClN5O2. The van der Waals surface area contributed by atoms with Crippen molar-refractivity contribution >= 4 is 23.6 Å². The zero-order valence-electron chi connectivity index (χ0n) is 14.3. The van der Waals surface area contributed by atoms with Gasteiger partial charge in [-0.1, -0.05) is 30.3 Å². The van der Waals surface area contributed by atoms with Gasteiger partial charge in [0, 0.05) is 6.54 Å². The average molecular weight is 364 g/mol. The number of nitrogens with zero attached hydrogens (tertiary/aromatic N) is 4. The van der Waals surface area contributed by atoms with Crippen LogP contribution in [-0.2, 0) is 13.1 Å². The molecule has 1 aromatic carbocycles. The van der Waals surface area contributed by atoms with Crippen LogP contribution in [0.4, 0.5) is 0 Å². The van der Waals surface area contributed by atoms with Crippen molar-refractivity contribution < 1.29 is 0 Å². The van der Waals surface area contributed by atoms with E-state index in [4.69, 9.17) is 0 Å². The first-order chi connectivity index (χ1) is 11.6. The summed E-state index contributed by atoms with van der Waals surface area (Å²) in [6.07, 6.45) is 2.53. The summed E-state index contributed by atoms with van der Waals surface area (Å²) >= 11 is 0. The molecule has 0 bridgehead atoms. The van der Waals surface area contributed by atoms with Crippen molar-refractivity contribution in [2.24, 2.45) is 0 Å². The standard InChI is InChI=1S/C17H21N5O2.ClH/c1-20(2)9-6-10-21-12-18-15-14(21)16(23)19-17(24)22(15)11-13-7-4-3-5-8-13;/h3-5,7-8,12H,6,9-11H2,1-2H3,(H,19,23,24);1H. The normalized spacial score (nSPS) is 11.0. The summed E-state index contributed by atoms with van der Waals surface area (Å²) in [4.78, 5) is 33.3. The van der Waals surface area contributed by atoms with E-state index in [-0.39, 0.29) is 18.0 Å². The van der Waals surface area contributed by atoms with Crippen LogP contribution in [0.25, 0.3) is 11.2 Å². The fraction of sp³-hybridized carbons (Fsp3) is 0.353. The maximum Gasteiger partial charge on any atom is 0.330 e. The minimum Gasteiger partial charge on any atom is -0.325 e. The highest BCUT2D eigenvalue weighted by Crippen LogP contribution is 2.09. The lowest BCUT2D eigenvalue weighted by molar-refractivity contribution is 0.387. The largest absolute Gasteiger partial charge is 0.330 e. The van der Waals surface area contributed by atoms with Gasteiger partial charge in [0.15, 0.2) is 11.2 Å². The van der Waals surface area contributed by atoms with Gasteiger partial charge in [-0.3, -0.25) is 14.3 Å². The zero-order valence-corrected chi connectivity index (χ0v) is 15.1. The van der Waals surface area contributed by atoms with Crippen molar-refractivity contribution in [1.29, 1.82) is 0 Å². The molecule has 0 saturated heterocycles. The molecule has 8 heteroatoms. The molecule has 2 heterocycles. The Morgan fingerprint density at radius 2 is 1.88 bits per heavy atom.